The number of nitrogens with zero attached hydrogens (tertiary/aromatic N) is 1. The number of hydrogen-bond acceptors (Lipinski definition) is 4. The van der Waals surface area contributed by atoms with E-state index >= 15 is 0 Å². The number of hydrogen-bond donors (Lipinski definition) is 3. The smallest absolute Gasteiger partial charge is 0.241 e. The molecule has 0 fully saturated rings. The van der Waals surface area contributed by atoms with E-state index in [1.807, 2.05) is 31.2 Å². The van der Waals surface area contributed by atoms with Gasteiger partial charge in [-0.3, -0.25) is 9.89 Å². The molecule has 0 saturated heterocycles. The number of aromatic nitrogens is 2. The number of aromatic amines is 1. The number of sulfonamides is 1. The van der Waals surface area contributed by atoms with Crippen LogP contribution in [0.4, 0.5) is 0 Å². The molecule has 28 heavy (non-hydrogen) atoms. The summed E-state index contributed by atoms with van der Waals surface area (Å²) in [6, 6.07) is 13.2. The van der Waals surface area contributed by atoms with Crippen molar-refractivity contribution in [3.05, 3.63) is 59.8 Å². The second-order valence-corrected chi connectivity index (χ2v) is 8.81. The van der Waals surface area contributed by atoms with Crippen LogP contribution in [-0.2, 0) is 21.4 Å². The predicted octanol–water partition coefficient (Wildman–Crippen LogP) is 2.49. The minimum Gasteiger partial charge on any atom is -0.349 e. The summed E-state index contributed by atoms with van der Waals surface area (Å²) in [7, 11) is -3.80. The number of fused-ring (bicyclic) bond motifs is 1. The molecule has 148 valence electrons. The molecule has 0 saturated carbocycles. The van der Waals surface area contributed by atoms with Gasteiger partial charge in [0, 0.05) is 5.39 Å². The molecule has 1 heterocycles. The van der Waals surface area contributed by atoms with Crippen molar-refractivity contribution in [2.75, 3.05) is 0 Å². The number of nitrogens with one attached hydrogen (secondary N) is 3. The lowest BCUT2D eigenvalue weighted by Crippen LogP contribution is -2.49. The fourth-order valence-electron chi connectivity index (χ4n) is 2.88. The molecule has 0 radical (unpaired) electrons. The first-order valence-corrected chi connectivity index (χ1v) is 10.5. The third kappa shape index (κ3) is 4.40. The Morgan fingerprint density at radius 2 is 1.79 bits per heavy atom. The average Bonchev–Trinajstić information content (AvgIpc) is 3.07. The van der Waals surface area contributed by atoms with Crippen molar-refractivity contribution in [3.8, 4) is 0 Å². The summed E-state index contributed by atoms with van der Waals surface area (Å²) in [6.45, 7) is 5.71. The quantitative estimate of drug-likeness (QED) is 0.567. The van der Waals surface area contributed by atoms with Crippen LogP contribution in [0.1, 0.15) is 25.1 Å². The largest absolute Gasteiger partial charge is 0.349 e. The van der Waals surface area contributed by atoms with Gasteiger partial charge < -0.3 is 5.32 Å². The van der Waals surface area contributed by atoms with Gasteiger partial charge in [-0.25, -0.2) is 8.42 Å². The molecule has 0 aliphatic carbocycles. The molecule has 0 spiro atoms. The average molecular weight is 401 g/mol. The molecule has 1 aromatic heterocycles. The zero-order valence-electron chi connectivity index (χ0n) is 16.1. The maximum absolute atomic E-state index is 12.7. The van der Waals surface area contributed by atoms with Crippen molar-refractivity contribution >= 4 is 26.8 Å². The molecule has 0 unspecified atom stereocenters. The molecule has 0 bridgehead atoms. The lowest BCUT2D eigenvalue weighted by Gasteiger charge is -2.21. The van der Waals surface area contributed by atoms with E-state index in [2.05, 4.69) is 20.2 Å². The Hall–Kier alpha value is -2.71. The molecule has 0 aliphatic rings. The van der Waals surface area contributed by atoms with E-state index in [9.17, 15) is 13.2 Å². The number of benzene rings is 2. The van der Waals surface area contributed by atoms with E-state index in [0.29, 0.717) is 0 Å². The second-order valence-electron chi connectivity index (χ2n) is 7.09. The Morgan fingerprint density at radius 3 is 2.46 bits per heavy atom. The molecule has 1 atom stereocenters. The van der Waals surface area contributed by atoms with E-state index in [0.717, 1.165) is 22.2 Å². The van der Waals surface area contributed by atoms with Crippen LogP contribution in [0.15, 0.2) is 53.4 Å². The van der Waals surface area contributed by atoms with Gasteiger partial charge >= 0.3 is 0 Å². The van der Waals surface area contributed by atoms with Crippen LogP contribution in [0.5, 0.6) is 0 Å². The molecule has 3 aromatic rings. The molecule has 1 amide bonds. The van der Waals surface area contributed by atoms with Gasteiger partial charge in [-0.15, -0.1) is 0 Å². The maximum Gasteiger partial charge on any atom is 0.241 e. The number of carbonyl (C=O) groups excluding carboxylic acids is 1. The summed E-state index contributed by atoms with van der Waals surface area (Å²) in [6.07, 6.45) is 0. The highest BCUT2D eigenvalue weighted by atomic mass is 32.2. The first-order valence-electron chi connectivity index (χ1n) is 9.06. The topological polar surface area (TPSA) is 104 Å². The first-order chi connectivity index (χ1) is 13.3. The molecule has 3 rings (SSSR count). The minimum atomic E-state index is -3.80. The van der Waals surface area contributed by atoms with Crippen LogP contribution in [0.25, 0.3) is 10.9 Å². The van der Waals surface area contributed by atoms with E-state index in [1.54, 1.807) is 26.0 Å². The summed E-state index contributed by atoms with van der Waals surface area (Å²) >= 11 is 0. The minimum absolute atomic E-state index is 0.135. The van der Waals surface area contributed by atoms with Gasteiger partial charge in [0.1, 0.15) is 6.04 Å². The van der Waals surface area contributed by atoms with E-state index in [-0.39, 0.29) is 23.3 Å². The van der Waals surface area contributed by atoms with Crippen molar-refractivity contribution in [2.24, 2.45) is 5.92 Å². The van der Waals surface area contributed by atoms with Gasteiger partial charge in [-0.1, -0.05) is 49.7 Å². The van der Waals surface area contributed by atoms with Gasteiger partial charge in [0.2, 0.25) is 15.9 Å². The lowest BCUT2D eigenvalue weighted by molar-refractivity contribution is -0.123. The molecule has 7 nitrogen and oxygen atoms in total. The van der Waals surface area contributed by atoms with Gasteiger partial charge in [0.25, 0.3) is 0 Å². The third-order valence-electron chi connectivity index (χ3n) is 4.54. The van der Waals surface area contributed by atoms with Crippen LogP contribution in [0, 0.1) is 12.8 Å². The Morgan fingerprint density at radius 1 is 1.11 bits per heavy atom. The van der Waals surface area contributed by atoms with Gasteiger partial charge in [0.15, 0.2) is 0 Å². The summed E-state index contributed by atoms with van der Waals surface area (Å²) in [5.74, 6) is -0.608. The van der Waals surface area contributed by atoms with E-state index in [4.69, 9.17) is 0 Å². The van der Waals surface area contributed by atoms with Gasteiger partial charge in [0.05, 0.1) is 22.7 Å². The molecule has 2 aromatic carbocycles. The third-order valence-corrected chi connectivity index (χ3v) is 6.00. The summed E-state index contributed by atoms with van der Waals surface area (Å²) in [4.78, 5) is 12.8. The van der Waals surface area contributed by atoms with Gasteiger partial charge in [-0.05, 0) is 31.0 Å². The molecule has 8 heteroatoms. The van der Waals surface area contributed by atoms with Crippen molar-refractivity contribution < 1.29 is 13.2 Å². The van der Waals surface area contributed by atoms with Crippen molar-refractivity contribution in [1.29, 1.82) is 0 Å². The van der Waals surface area contributed by atoms with E-state index < -0.39 is 16.1 Å². The fraction of sp³-hybridized carbons (Fsp3) is 0.300. The zero-order valence-corrected chi connectivity index (χ0v) is 16.9. The Bertz CT molecular complexity index is 1070. The summed E-state index contributed by atoms with van der Waals surface area (Å²) in [5, 5.41) is 10.8. The highest BCUT2D eigenvalue weighted by molar-refractivity contribution is 7.89. The van der Waals surface area contributed by atoms with Gasteiger partial charge in [-0.2, -0.15) is 9.82 Å². The SMILES string of the molecule is Cc1ccc(S(=O)(=O)N[C@@H](C(=O)NCc2[nH]nc3ccccc23)C(C)C)cc1. The lowest BCUT2D eigenvalue weighted by atomic mass is 10.0. The molecular weight excluding hydrogens is 376 g/mol. The fourth-order valence-corrected chi connectivity index (χ4v) is 4.22. The van der Waals surface area contributed by atoms with Crippen molar-refractivity contribution in [1.82, 2.24) is 20.2 Å². The van der Waals surface area contributed by atoms with Crippen molar-refractivity contribution in [3.63, 3.8) is 0 Å². The highest BCUT2D eigenvalue weighted by Gasteiger charge is 2.28. The predicted molar refractivity (Wildman–Crippen MR) is 108 cm³/mol. The standard InChI is InChI=1S/C20H24N4O3S/c1-13(2)19(24-28(26,27)15-10-8-14(3)9-11-15)20(25)21-12-18-16-6-4-5-7-17(16)22-23-18/h4-11,13,19,24H,12H2,1-3H3,(H,21,25)(H,22,23)/t19-/m1/s1. The Kier molecular flexibility index (Phi) is 5.81. The van der Waals surface area contributed by atoms with E-state index in [1.165, 1.54) is 12.1 Å². The maximum atomic E-state index is 12.7. The monoisotopic (exact) mass is 400 g/mol. The van der Waals surface area contributed by atoms with Crippen molar-refractivity contribution in [2.45, 2.75) is 38.3 Å². The molecule has 3 N–H and O–H groups in total. The van der Waals surface area contributed by atoms with Crippen LogP contribution < -0.4 is 10.0 Å². The number of para-hydroxylation sites is 1. The van der Waals surface area contributed by atoms with Crippen LogP contribution in [0.3, 0.4) is 0 Å². The normalized spacial score (nSPS) is 13.0. The molecular formula is C20H24N4O3S. The second kappa shape index (κ2) is 8.12. The Labute approximate surface area is 164 Å². The number of carbonyl (C=O) groups is 1. The molecule has 0 aliphatic heterocycles. The zero-order chi connectivity index (χ0) is 20.3. The number of H-pyrrole nitrogens is 1. The van der Waals surface area contributed by atoms with Crippen LogP contribution >= 0.6 is 0 Å². The highest BCUT2D eigenvalue weighted by Crippen LogP contribution is 2.16. The van der Waals surface area contributed by atoms with Crippen LogP contribution in [0.2, 0.25) is 0 Å². The number of rotatable bonds is 7. The number of amides is 1. The Balaban J connectivity index is 1.72. The summed E-state index contributed by atoms with van der Waals surface area (Å²) in [5.41, 5.74) is 2.55. The summed E-state index contributed by atoms with van der Waals surface area (Å²) < 4.78 is 27.9. The number of aryl methyl sites for hydroxylation is 1. The first kappa shape index (κ1) is 20.0. The van der Waals surface area contributed by atoms with Crippen LogP contribution in [-0.4, -0.2) is 30.6 Å².